The molecule has 0 bridgehead atoms. The predicted molar refractivity (Wildman–Crippen MR) is 71.6 cm³/mol. The minimum absolute atomic E-state index is 0.518. The van der Waals surface area contributed by atoms with E-state index in [1.807, 2.05) is 7.05 Å². The summed E-state index contributed by atoms with van der Waals surface area (Å²) in [7, 11) is 2.04. The maximum atomic E-state index is 5.92. The number of nitrogens with one attached hydrogen (secondary N) is 1. The van der Waals surface area contributed by atoms with Crippen LogP contribution in [0.15, 0.2) is 18.2 Å². The molecule has 1 atom stereocenters. The van der Waals surface area contributed by atoms with E-state index < -0.39 is 0 Å². The number of fused-ring (bicyclic) bond motifs is 1. The van der Waals surface area contributed by atoms with Gasteiger partial charge in [0, 0.05) is 6.04 Å². The van der Waals surface area contributed by atoms with Crippen molar-refractivity contribution in [2.24, 2.45) is 0 Å². The van der Waals surface area contributed by atoms with Gasteiger partial charge in [-0.05, 0) is 43.5 Å². The van der Waals surface area contributed by atoms with Gasteiger partial charge in [-0.25, -0.2) is 0 Å². The number of hydrogen-bond acceptors (Lipinski definition) is 2. The lowest BCUT2D eigenvalue weighted by atomic mass is 10.1. The minimum atomic E-state index is 0.518. The molecule has 2 nitrogen and oxygen atoms in total. The van der Waals surface area contributed by atoms with Crippen LogP contribution in [0.25, 0.3) is 0 Å². The summed E-state index contributed by atoms with van der Waals surface area (Å²) in [5.74, 6) is 1.11. The molecule has 0 radical (unpaired) electrons. The van der Waals surface area contributed by atoms with E-state index in [-0.39, 0.29) is 0 Å². The highest BCUT2D eigenvalue weighted by Crippen LogP contribution is 2.36. The van der Waals surface area contributed by atoms with Gasteiger partial charge in [0.05, 0.1) is 6.61 Å². The first kappa shape index (κ1) is 12.4. The molecule has 2 rings (SSSR count). The van der Waals surface area contributed by atoms with Crippen LogP contribution >= 0.6 is 0 Å². The fourth-order valence-corrected chi connectivity index (χ4v) is 2.59. The molecule has 94 valence electrons. The normalized spacial score (nSPS) is 18.1. The van der Waals surface area contributed by atoms with Crippen molar-refractivity contribution in [1.29, 1.82) is 0 Å². The van der Waals surface area contributed by atoms with Crippen LogP contribution in [0.2, 0.25) is 0 Å². The molecule has 1 unspecified atom stereocenters. The van der Waals surface area contributed by atoms with Crippen LogP contribution in [0.1, 0.15) is 49.8 Å². The zero-order chi connectivity index (χ0) is 12.1. The smallest absolute Gasteiger partial charge is 0.122 e. The molecular weight excluding hydrogens is 210 g/mol. The van der Waals surface area contributed by atoms with Gasteiger partial charge in [-0.1, -0.05) is 31.9 Å². The van der Waals surface area contributed by atoms with Crippen LogP contribution in [0, 0.1) is 0 Å². The molecule has 0 aliphatic heterocycles. The molecule has 1 aromatic carbocycles. The largest absolute Gasteiger partial charge is 0.493 e. The summed E-state index contributed by atoms with van der Waals surface area (Å²) in [6.07, 6.45) is 6.01. The first-order valence-electron chi connectivity index (χ1n) is 6.78. The topological polar surface area (TPSA) is 21.3 Å². The third kappa shape index (κ3) is 2.81. The van der Waals surface area contributed by atoms with E-state index >= 15 is 0 Å². The Bertz CT molecular complexity index is 362. The Kier molecular flexibility index (Phi) is 4.43. The fraction of sp³-hybridized carbons (Fsp3) is 0.600. The molecular formula is C15H23NO. The summed E-state index contributed by atoms with van der Waals surface area (Å²) >= 11 is 0. The van der Waals surface area contributed by atoms with E-state index in [4.69, 9.17) is 4.74 Å². The van der Waals surface area contributed by atoms with Crippen molar-refractivity contribution in [3.05, 3.63) is 29.3 Å². The van der Waals surface area contributed by atoms with Gasteiger partial charge in [0.15, 0.2) is 0 Å². The van der Waals surface area contributed by atoms with Gasteiger partial charge in [0.25, 0.3) is 0 Å². The molecule has 0 saturated heterocycles. The summed E-state index contributed by atoms with van der Waals surface area (Å²) in [5, 5.41) is 3.37. The van der Waals surface area contributed by atoms with E-state index in [1.54, 1.807) is 0 Å². The first-order chi connectivity index (χ1) is 8.36. The van der Waals surface area contributed by atoms with Crippen LogP contribution in [0.4, 0.5) is 0 Å². The Balaban J connectivity index is 2.01. The van der Waals surface area contributed by atoms with Crippen LogP contribution in [0.3, 0.4) is 0 Å². The number of unbranched alkanes of at least 4 members (excludes halogenated alkanes) is 2. The lowest BCUT2D eigenvalue weighted by molar-refractivity contribution is 0.303. The van der Waals surface area contributed by atoms with E-state index in [1.165, 1.54) is 30.4 Å². The SMILES string of the molecule is CCCCCOc1cccc2c1CCC2NC. The van der Waals surface area contributed by atoms with Crippen molar-refractivity contribution < 1.29 is 4.74 Å². The molecule has 0 heterocycles. The van der Waals surface area contributed by atoms with E-state index in [2.05, 4.69) is 30.4 Å². The van der Waals surface area contributed by atoms with Crippen LogP contribution in [-0.2, 0) is 6.42 Å². The Labute approximate surface area is 104 Å². The molecule has 0 amide bonds. The molecule has 1 aliphatic rings. The van der Waals surface area contributed by atoms with Crippen molar-refractivity contribution in [1.82, 2.24) is 5.32 Å². The second kappa shape index (κ2) is 6.06. The zero-order valence-corrected chi connectivity index (χ0v) is 11.0. The van der Waals surface area contributed by atoms with Crippen molar-refractivity contribution >= 4 is 0 Å². The predicted octanol–water partition coefficient (Wildman–Crippen LogP) is 3.46. The van der Waals surface area contributed by atoms with E-state index in [0.717, 1.165) is 25.2 Å². The van der Waals surface area contributed by atoms with Crippen molar-refractivity contribution in [2.75, 3.05) is 13.7 Å². The Hall–Kier alpha value is -1.02. The van der Waals surface area contributed by atoms with E-state index in [9.17, 15) is 0 Å². The fourth-order valence-electron chi connectivity index (χ4n) is 2.59. The molecule has 17 heavy (non-hydrogen) atoms. The average molecular weight is 233 g/mol. The molecule has 1 aliphatic carbocycles. The van der Waals surface area contributed by atoms with Crippen LogP contribution in [-0.4, -0.2) is 13.7 Å². The summed E-state index contributed by atoms with van der Waals surface area (Å²) in [5.41, 5.74) is 2.85. The van der Waals surface area contributed by atoms with Gasteiger partial charge in [-0.15, -0.1) is 0 Å². The highest BCUT2D eigenvalue weighted by molar-refractivity contribution is 5.45. The molecule has 1 N–H and O–H groups in total. The maximum absolute atomic E-state index is 5.92. The van der Waals surface area contributed by atoms with Gasteiger partial charge in [0.2, 0.25) is 0 Å². The van der Waals surface area contributed by atoms with Crippen molar-refractivity contribution in [3.8, 4) is 5.75 Å². The highest BCUT2D eigenvalue weighted by atomic mass is 16.5. The van der Waals surface area contributed by atoms with Gasteiger partial charge >= 0.3 is 0 Å². The highest BCUT2D eigenvalue weighted by Gasteiger charge is 2.23. The Morgan fingerprint density at radius 3 is 3.00 bits per heavy atom. The zero-order valence-electron chi connectivity index (χ0n) is 11.0. The standard InChI is InChI=1S/C15H23NO/c1-3-4-5-11-17-15-8-6-7-12-13(15)9-10-14(12)16-2/h6-8,14,16H,3-5,9-11H2,1-2H3. The number of ether oxygens (including phenoxy) is 1. The van der Waals surface area contributed by atoms with Gasteiger partial charge in [-0.3, -0.25) is 0 Å². The molecule has 2 heteroatoms. The third-order valence-electron chi connectivity index (χ3n) is 3.58. The summed E-state index contributed by atoms with van der Waals surface area (Å²) in [4.78, 5) is 0. The second-order valence-electron chi connectivity index (χ2n) is 4.76. The average Bonchev–Trinajstić information content (AvgIpc) is 2.78. The summed E-state index contributed by atoms with van der Waals surface area (Å²) < 4.78 is 5.92. The molecule has 0 spiro atoms. The molecule has 1 aromatic rings. The quantitative estimate of drug-likeness (QED) is 0.760. The summed E-state index contributed by atoms with van der Waals surface area (Å²) in [6, 6.07) is 6.97. The number of rotatable bonds is 6. The van der Waals surface area contributed by atoms with Crippen molar-refractivity contribution in [3.63, 3.8) is 0 Å². The van der Waals surface area contributed by atoms with Gasteiger partial charge in [0.1, 0.15) is 5.75 Å². The minimum Gasteiger partial charge on any atom is -0.493 e. The molecule has 0 fully saturated rings. The maximum Gasteiger partial charge on any atom is 0.122 e. The van der Waals surface area contributed by atoms with Gasteiger partial charge < -0.3 is 10.1 Å². The monoisotopic (exact) mass is 233 g/mol. The lowest BCUT2D eigenvalue weighted by Gasteiger charge is -2.13. The van der Waals surface area contributed by atoms with Crippen molar-refractivity contribution in [2.45, 2.75) is 45.1 Å². The molecule has 0 saturated carbocycles. The summed E-state index contributed by atoms with van der Waals surface area (Å²) in [6.45, 7) is 3.08. The first-order valence-corrected chi connectivity index (χ1v) is 6.78. The third-order valence-corrected chi connectivity index (χ3v) is 3.58. The molecule has 0 aromatic heterocycles. The van der Waals surface area contributed by atoms with Crippen LogP contribution < -0.4 is 10.1 Å². The van der Waals surface area contributed by atoms with E-state index in [0.29, 0.717) is 6.04 Å². The van der Waals surface area contributed by atoms with Gasteiger partial charge in [-0.2, -0.15) is 0 Å². The Morgan fingerprint density at radius 2 is 2.24 bits per heavy atom. The Morgan fingerprint density at radius 1 is 1.35 bits per heavy atom. The second-order valence-corrected chi connectivity index (χ2v) is 4.76. The number of hydrogen-bond donors (Lipinski definition) is 1. The van der Waals surface area contributed by atoms with Crippen LogP contribution in [0.5, 0.6) is 5.75 Å². The lowest BCUT2D eigenvalue weighted by Crippen LogP contribution is -2.12. The number of benzene rings is 1.